The Bertz CT molecular complexity index is 490. The first-order valence-corrected chi connectivity index (χ1v) is 6.21. The van der Waals surface area contributed by atoms with Crippen molar-refractivity contribution in [2.24, 2.45) is 0 Å². The van der Waals surface area contributed by atoms with Gasteiger partial charge in [0, 0.05) is 16.8 Å². The molecular formula is C13H15NO4. The summed E-state index contributed by atoms with van der Waals surface area (Å²) in [5, 5.41) is 0. The number of nitrogens with two attached hydrogens (primary N) is 1. The minimum atomic E-state index is -0.787. The van der Waals surface area contributed by atoms with Gasteiger partial charge in [-0.3, -0.25) is 0 Å². The first kappa shape index (κ1) is 10.8. The summed E-state index contributed by atoms with van der Waals surface area (Å²) in [6.45, 7) is 2.32. The molecule has 0 radical (unpaired) electrons. The normalized spacial score (nSPS) is 27.1. The van der Waals surface area contributed by atoms with E-state index in [1.165, 1.54) is 0 Å². The molecule has 2 saturated heterocycles. The van der Waals surface area contributed by atoms with E-state index in [4.69, 9.17) is 24.7 Å². The average Bonchev–Trinajstić information content (AvgIpc) is 3.05. The molecule has 18 heavy (non-hydrogen) atoms. The van der Waals surface area contributed by atoms with Crippen molar-refractivity contribution in [3.05, 3.63) is 29.3 Å². The molecule has 1 aliphatic carbocycles. The van der Waals surface area contributed by atoms with Gasteiger partial charge in [0.15, 0.2) is 0 Å². The summed E-state index contributed by atoms with van der Waals surface area (Å²) in [6.07, 6.45) is 0.517. The van der Waals surface area contributed by atoms with E-state index in [0.29, 0.717) is 38.5 Å². The van der Waals surface area contributed by atoms with E-state index in [1.54, 1.807) is 0 Å². The van der Waals surface area contributed by atoms with Gasteiger partial charge in [-0.15, -0.1) is 0 Å². The van der Waals surface area contributed by atoms with Crippen LogP contribution < -0.4 is 5.73 Å². The summed E-state index contributed by atoms with van der Waals surface area (Å²) in [6, 6.07) is 5.76. The predicted molar refractivity (Wildman–Crippen MR) is 62.6 cm³/mol. The largest absolute Gasteiger partial charge is 0.398 e. The fourth-order valence-corrected chi connectivity index (χ4v) is 3.22. The molecule has 0 atom stereocenters. The molecule has 0 unspecified atom stereocenters. The highest BCUT2D eigenvalue weighted by molar-refractivity contribution is 5.58. The third-order valence-electron chi connectivity index (χ3n) is 3.86. The number of hydrogen-bond acceptors (Lipinski definition) is 5. The van der Waals surface area contributed by atoms with E-state index >= 15 is 0 Å². The third-order valence-corrected chi connectivity index (χ3v) is 3.86. The maximum Gasteiger partial charge on any atom is 0.203 e. The molecule has 0 amide bonds. The lowest BCUT2D eigenvalue weighted by molar-refractivity contribution is -0.239. The van der Waals surface area contributed by atoms with Gasteiger partial charge in [-0.05, 0) is 6.07 Å². The Labute approximate surface area is 105 Å². The Morgan fingerprint density at radius 1 is 0.889 bits per heavy atom. The molecule has 1 aromatic rings. The molecule has 3 aliphatic rings. The summed E-state index contributed by atoms with van der Waals surface area (Å²) in [5.41, 5.74) is 8.60. The van der Waals surface area contributed by atoms with Crippen LogP contribution in [0.1, 0.15) is 17.5 Å². The van der Waals surface area contributed by atoms with E-state index in [0.717, 1.165) is 11.1 Å². The second-order valence-corrected chi connectivity index (χ2v) is 4.85. The average molecular weight is 249 g/mol. The maximum absolute atomic E-state index is 6.11. The predicted octanol–water partition coefficient (Wildman–Crippen LogP) is 1.07. The highest BCUT2D eigenvalue weighted by Gasteiger charge is 2.60. The van der Waals surface area contributed by atoms with Gasteiger partial charge in [0.1, 0.15) is 0 Å². The Morgan fingerprint density at radius 2 is 1.50 bits per heavy atom. The molecule has 96 valence electrons. The van der Waals surface area contributed by atoms with Crippen LogP contribution in [-0.2, 0) is 30.5 Å². The van der Waals surface area contributed by atoms with Crippen molar-refractivity contribution in [1.29, 1.82) is 0 Å². The standard InChI is InChI=1S/C13H15NO4/c14-10-3-1-2-9-11(10)13(17-6-7-18-13)8-12(9)15-4-5-16-12/h1-3H,4-8,14H2. The monoisotopic (exact) mass is 249 g/mol. The van der Waals surface area contributed by atoms with Crippen molar-refractivity contribution < 1.29 is 18.9 Å². The molecule has 4 rings (SSSR count). The van der Waals surface area contributed by atoms with Crippen molar-refractivity contribution >= 4 is 5.69 Å². The minimum Gasteiger partial charge on any atom is -0.398 e. The van der Waals surface area contributed by atoms with E-state index in [2.05, 4.69) is 0 Å². The quantitative estimate of drug-likeness (QED) is 0.697. The van der Waals surface area contributed by atoms with Crippen molar-refractivity contribution in [1.82, 2.24) is 0 Å². The van der Waals surface area contributed by atoms with E-state index < -0.39 is 11.6 Å². The molecule has 0 saturated carbocycles. The Kier molecular flexibility index (Phi) is 2.06. The van der Waals surface area contributed by atoms with Gasteiger partial charge in [0.25, 0.3) is 0 Å². The lowest BCUT2D eigenvalue weighted by Crippen LogP contribution is -2.30. The molecule has 1 aromatic carbocycles. The topological polar surface area (TPSA) is 62.9 Å². The second kappa shape index (κ2) is 3.45. The van der Waals surface area contributed by atoms with Gasteiger partial charge in [-0.25, -0.2) is 0 Å². The molecule has 2 spiro atoms. The van der Waals surface area contributed by atoms with E-state index in [9.17, 15) is 0 Å². The fourth-order valence-electron chi connectivity index (χ4n) is 3.22. The van der Waals surface area contributed by atoms with Crippen LogP contribution in [0.3, 0.4) is 0 Å². The smallest absolute Gasteiger partial charge is 0.203 e. The summed E-state index contributed by atoms with van der Waals surface area (Å²) in [7, 11) is 0. The van der Waals surface area contributed by atoms with Crippen molar-refractivity contribution in [3.8, 4) is 0 Å². The first-order chi connectivity index (χ1) is 8.76. The Morgan fingerprint density at radius 3 is 2.17 bits per heavy atom. The molecular weight excluding hydrogens is 234 g/mol. The van der Waals surface area contributed by atoms with Crippen LogP contribution in [0, 0.1) is 0 Å². The highest BCUT2D eigenvalue weighted by atomic mass is 16.8. The number of rotatable bonds is 0. The minimum absolute atomic E-state index is 0.517. The van der Waals surface area contributed by atoms with Crippen LogP contribution in [0.4, 0.5) is 5.69 Å². The summed E-state index contributed by atoms with van der Waals surface area (Å²) in [4.78, 5) is 0. The maximum atomic E-state index is 6.11. The summed E-state index contributed by atoms with van der Waals surface area (Å²) in [5.74, 6) is -1.53. The molecule has 2 N–H and O–H groups in total. The molecule has 2 heterocycles. The molecule has 2 aliphatic heterocycles. The number of nitrogen functional groups attached to an aromatic ring is 1. The zero-order valence-electron chi connectivity index (χ0n) is 9.98. The van der Waals surface area contributed by atoms with Gasteiger partial charge < -0.3 is 24.7 Å². The highest BCUT2D eigenvalue weighted by Crippen LogP contribution is 2.56. The van der Waals surface area contributed by atoms with Crippen LogP contribution >= 0.6 is 0 Å². The number of hydrogen-bond donors (Lipinski definition) is 1. The van der Waals surface area contributed by atoms with Gasteiger partial charge in [-0.1, -0.05) is 12.1 Å². The molecule has 2 fully saturated rings. The lowest BCUT2D eigenvalue weighted by atomic mass is 10.0. The van der Waals surface area contributed by atoms with Crippen LogP contribution in [0.2, 0.25) is 0 Å². The summed E-state index contributed by atoms with van der Waals surface area (Å²) >= 11 is 0. The fraction of sp³-hybridized carbons (Fsp3) is 0.538. The molecule has 0 aromatic heterocycles. The zero-order chi connectivity index (χ0) is 12.2. The SMILES string of the molecule is Nc1cccc2c1C1(CC23OCCO3)OCCO1. The van der Waals surface area contributed by atoms with Crippen molar-refractivity contribution in [3.63, 3.8) is 0 Å². The third kappa shape index (κ3) is 1.20. The van der Waals surface area contributed by atoms with E-state index in [-0.39, 0.29) is 0 Å². The Balaban J connectivity index is 1.93. The van der Waals surface area contributed by atoms with Crippen LogP contribution in [0.15, 0.2) is 18.2 Å². The van der Waals surface area contributed by atoms with Gasteiger partial charge in [-0.2, -0.15) is 0 Å². The number of fused-ring (bicyclic) bond motifs is 3. The first-order valence-electron chi connectivity index (χ1n) is 6.21. The van der Waals surface area contributed by atoms with Gasteiger partial charge in [0.2, 0.25) is 11.6 Å². The van der Waals surface area contributed by atoms with Crippen molar-refractivity contribution in [2.75, 3.05) is 32.2 Å². The zero-order valence-corrected chi connectivity index (χ0v) is 9.98. The Hall–Kier alpha value is -1.14. The number of benzene rings is 1. The van der Waals surface area contributed by atoms with Gasteiger partial charge >= 0.3 is 0 Å². The van der Waals surface area contributed by atoms with Crippen molar-refractivity contribution in [2.45, 2.75) is 18.0 Å². The van der Waals surface area contributed by atoms with Crippen LogP contribution in [-0.4, -0.2) is 26.4 Å². The van der Waals surface area contributed by atoms with Crippen LogP contribution in [0.25, 0.3) is 0 Å². The van der Waals surface area contributed by atoms with E-state index in [1.807, 2.05) is 18.2 Å². The number of anilines is 1. The summed E-state index contributed by atoms with van der Waals surface area (Å²) < 4.78 is 23.3. The molecule has 5 nitrogen and oxygen atoms in total. The molecule has 0 bridgehead atoms. The van der Waals surface area contributed by atoms with Crippen LogP contribution in [0.5, 0.6) is 0 Å². The molecule has 5 heteroatoms. The lowest BCUT2D eigenvalue weighted by Gasteiger charge is -2.26. The van der Waals surface area contributed by atoms with Gasteiger partial charge in [0.05, 0.1) is 32.8 Å². The number of ether oxygens (including phenoxy) is 4. The second-order valence-electron chi connectivity index (χ2n) is 4.85.